The van der Waals surface area contributed by atoms with E-state index in [1.807, 2.05) is 6.34 Å². The summed E-state index contributed by atoms with van der Waals surface area (Å²) < 4.78 is 0. The van der Waals surface area contributed by atoms with Crippen LogP contribution in [0, 0.1) is 0 Å². The summed E-state index contributed by atoms with van der Waals surface area (Å²) in [5, 5.41) is 2.52. The number of carbonyl (C=O) groups excluding carboxylic acids is 1. The van der Waals surface area contributed by atoms with Crippen LogP contribution in [0.3, 0.4) is 0 Å². The van der Waals surface area contributed by atoms with Crippen molar-refractivity contribution in [1.29, 1.82) is 0 Å². The Morgan fingerprint density at radius 2 is 1.92 bits per heavy atom. The average Bonchev–Trinajstić information content (AvgIpc) is 3.05. The van der Waals surface area contributed by atoms with E-state index >= 15 is 0 Å². The molecule has 0 amide bonds. The Kier molecular flexibility index (Phi) is 4.08. The number of anilines is 1. The number of hydrogen-bond acceptors (Lipinski definition) is 4. The fourth-order valence-electron chi connectivity index (χ4n) is 4.16. The molecule has 0 aromatic heterocycles. The quantitative estimate of drug-likeness (QED) is 0.750. The first kappa shape index (κ1) is 16.3. The van der Waals surface area contributed by atoms with E-state index in [0.717, 1.165) is 50.3 Å². The van der Waals surface area contributed by atoms with Gasteiger partial charge in [-0.1, -0.05) is 19.9 Å². The third-order valence-electron chi connectivity index (χ3n) is 5.63. The van der Waals surface area contributed by atoms with Crippen molar-refractivity contribution in [2.24, 2.45) is 4.99 Å². The largest absolute Gasteiger partial charge is 0.330 e. The van der Waals surface area contributed by atoms with E-state index in [9.17, 15) is 4.79 Å². The second-order valence-electron chi connectivity index (χ2n) is 6.95. The number of likely N-dealkylation sites (N-methyl/N-ethyl adjacent to an activating group) is 1. The summed E-state index contributed by atoms with van der Waals surface area (Å²) in [6, 6.07) is 6.55. The van der Waals surface area contributed by atoms with Crippen LogP contribution in [-0.2, 0) is 12.8 Å². The molecule has 25 heavy (non-hydrogen) atoms. The van der Waals surface area contributed by atoms with Crippen molar-refractivity contribution >= 4 is 34.3 Å². The maximum Gasteiger partial charge on any atom is 0.162 e. The summed E-state index contributed by atoms with van der Waals surface area (Å²) in [5.74, 6) is 0.102. The van der Waals surface area contributed by atoms with Gasteiger partial charge < -0.3 is 9.80 Å². The first-order valence-electron chi connectivity index (χ1n) is 9.29. The number of rotatable bonds is 6. The Balaban J connectivity index is 1.82. The zero-order chi connectivity index (χ0) is 17.6. The van der Waals surface area contributed by atoms with Crippen LogP contribution >= 0.6 is 0 Å². The first-order chi connectivity index (χ1) is 12.1. The number of aryl methyl sites for hydroxylation is 2. The van der Waals surface area contributed by atoms with Crippen LogP contribution in [0.15, 0.2) is 23.2 Å². The Hall–Kier alpha value is -2.20. The van der Waals surface area contributed by atoms with Gasteiger partial charge in [0.2, 0.25) is 0 Å². The summed E-state index contributed by atoms with van der Waals surface area (Å²) >= 11 is 0. The minimum Gasteiger partial charge on any atom is -0.330 e. The zero-order valence-electron chi connectivity index (χ0n) is 15.3. The third kappa shape index (κ3) is 2.56. The lowest BCUT2D eigenvalue weighted by Crippen LogP contribution is -2.35. The normalized spacial score (nSPS) is 14.8. The van der Waals surface area contributed by atoms with Crippen LogP contribution in [0.4, 0.5) is 11.4 Å². The molecule has 2 aromatic carbocycles. The SMILES string of the molecule is CCN(CC)CCN1C=Nc2c(C(C)=O)cc3c4c(ccc1c24)CC3. The monoisotopic (exact) mass is 335 g/mol. The highest BCUT2D eigenvalue weighted by molar-refractivity contribution is 6.17. The lowest BCUT2D eigenvalue weighted by molar-refractivity contribution is 0.101. The van der Waals surface area contributed by atoms with Gasteiger partial charge in [0.05, 0.1) is 17.7 Å². The molecule has 0 bridgehead atoms. The molecule has 0 unspecified atom stereocenters. The van der Waals surface area contributed by atoms with E-state index < -0.39 is 0 Å². The molecule has 0 saturated heterocycles. The number of aliphatic imine (C=N–C) groups is 1. The molecular formula is C21H25N3O. The Morgan fingerprint density at radius 1 is 1.16 bits per heavy atom. The molecule has 130 valence electrons. The Morgan fingerprint density at radius 3 is 2.64 bits per heavy atom. The van der Waals surface area contributed by atoms with Crippen LogP contribution in [-0.4, -0.2) is 43.2 Å². The van der Waals surface area contributed by atoms with Gasteiger partial charge in [-0.3, -0.25) is 4.79 Å². The van der Waals surface area contributed by atoms with Gasteiger partial charge in [0.25, 0.3) is 0 Å². The molecule has 0 saturated carbocycles. The minimum atomic E-state index is 0.102. The van der Waals surface area contributed by atoms with Gasteiger partial charge in [-0.05, 0) is 61.5 Å². The number of Topliss-reactive ketones (excluding diaryl/α,β-unsaturated/α-hetero) is 1. The van der Waals surface area contributed by atoms with Crippen LogP contribution in [0.5, 0.6) is 0 Å². The van der Waals surface area contributed by atoms with Crippen LogP contribution in [0.25, 0.3) is 10.8 Å². The number of nitrogens with zero attached hydrogens (tertiary/aromatic N) is 3. The van der Waals surface area contributed by atoms with Crippen molar-refractivity contribution in [3.8, 4) is 0 Å². The first-order valence-corrected chi connectivity index (χ1v) is 9.29. The van der Waals surface area contributed by atoms with E-state index in [1.54, 1.807) is 6.92 Å². The molecule has 4 rings (SSSR count). The highest BCUT2D eigenvalue weighted by Crippen LogP contribution is 2.45. The standard InChI is InChI=1S/C21H25N3O/c1-4-23(5-2)10-11-24-13-22-21-17(14(3)25)12-16-7-6-15-8-9-18(24)20(21)19(15)16/h8-9,12-13H,4-7,10-11H2,1-3H3. The molecule has 1 aliphatic heterocycles. The second-order valence-corrected chi connectivity index (χ2v) is 6.95. The number of benzene rings is 2. The third-order valence-corrected chi connectivity index (χ3v) is 5.63. The van der Waals surface area contributed by atoms with Crippen molar-refractivity contribution in [3.63, 3.8) is 0 Å². The molecule has 0 atom stereocenters. The van der Waals surface area contributed by atoms with Gasteiger partial charge in [-0.15, -0.1) is 0 Å². The van der Waals surface area contributed by atoms with Crippen molar-refractivity contribution in [2.75, 3.05) is 31.1 Å². The number of carbonyl (C=O) groups is 1. The molecule has 0 fully saturated rings. The summed E-state index contributed by atoms with van der Waals surface area (Å²) in [5.41, 5.74) is 5.53. The summed E-state index contributed by atoms with van der Waals surface area (Å²) in [6.07, 6.45) is 4.00. The molecule has 0 N–H and O–H groups in total. The number of hydrogen-bond donors (Lipinski definition) is 0. The van der Waals surface area contributed by atoms with Crippen LogP contribution < -0.4 is 4.90 Å². The maximum atomic E-state index is 12.2. The molecule has 4 nitrogen and oxygen atoms in total. The molecule has 4 heteroatoms. The zero-order valence-corrected chi connectivity index (χ0v) is 15.3. The molecule has 2 aromatic rings. The van der Waals surface area contributed by atoms with Crippen LogP contribution in [0.2, 0.25) is 0 Å². The second kappa shape index (κ2) is 6.26. The highest BCUT2D eigenvalue weighted by atomic mass is 16.1. The molecular weight excluding hydrogens is 310 g/mol. The lowest BCUT2D eigenvalue weighted by Gasteiger charge is -2.29. The fourth-order valence-corrected chi connectivity index (χ4v) is 4.16. The van der Waals surface area contributed by atoms with Gasteiger partial charge >= 0.3 is 0 Å². The van der Waals surface area contributed by atoms with Gasteiger partial charge in [0.15, 0.2) is 5.78 Å². The summed E-state index contributed by atoms with van der Waals surface area (Å²) in [6.45, 7) is 10.1. The Bertz CT molecular complexity index is 881. The van der Waals surface area contributed by atoms with Gasteiger partial charge in [-0.2, -0.15) is 0 Å². The van der Waals surface area contributed by atoms with E-state index in [4.69, 9.17) is 4.99 Å². The predicted octanol–water partition coefficient (Wildman–Crippen LogP) is 3.96. The molecule has 0 spiro atoms. The van der Waals surface area contributed by atoms with Crippen molar-refractivity contribution in [2.45, 2.75) is 33.6 Å². The van der Waals surface area contributed by atoms with Crippen molar-refractivity contribution in [3.05, 3.63) is 34.9 Å². The van der Waals surface area contributed by atoms with Crippen molar-refractivity contribution < 1.29 is 4.79 Å². The van der Waals surface area contributed by atoms with E-state index in [-0.39, 0.29) is 5.78 Å². The molecule has 1 aliphatic carbocycles. The smallest absolute Gasteiger partial charge is 0.162 e. The van der Waals surface area contributed by atoms with Gasteiger partial charge in [0, 0.05) is 24.0 Å². The predicted molar refractivity (Wildman–Crippen MR) is 105 cm³/mol. The topological polar surface area (TPSA) is 35.9 Å². The van der Waals surface area contributed by atoms with E-state index in [2.05, 4.69) is 41.8 Å². The lowest BCUT2D eigenvalue weighted by atomic mass is 9.95. The summed E-state index contributed by atoms with van der Waals surface area (Å²) in [7, 11) is 0. The Labute approximate surface area is 149 Å². The number of ketones is 1. The van der Waals surface area contributed by atoms with Crippen LogP contribution in [0.1, 0.15) is 42.3 Å². The van der Waals surface area contributed by atoms with Gasteiger partial charge in [-0.25, -0.2) is 4.99 Å². The molecule has 0 radical (unpaired) electrons. The van der Waals surface area contributed by atoms with E-state index in [1.165, 1.54) is 27.6 Å². The summed E-state index contributed by atoms with van der Waals surface area (Å²) in [4.78, 5) is 21.6. The van der Waals surface area contributed by atoms with Crippen molar-refractivity contribution in [1.82, 2.24) is 4.90 Å². The maximum absolute atomic E-state index is 12.2. The fraction of sp³-hybridized carbons (Fsp3) is 0.429. The molecule has 2 aliphatic rings. The van der Waals surface area contributed by atoms with Gasteiger partial charge in [0.1, 0.15) is 0 Å². The highest BCUT2D eigenvalue weighted by Gasteiger charge is 2.26. The van der Waals surface area contributed by atoms with E-state index in [0.29, 0.717) is 0 Å². The average molecular weight is 335 g/mol. The minimum absolute atomic E-state index is 0.102. The molecule has 1 heterocycles.